The molecule has 1 nitrogen and oxygen atoms in total. The minimum atomic E-state index is 0.192. The highest BCUT2D eigenvalue weighted by Gasteiger charge is 2.00. The van der Waals surface area contributed by atoms with E-state index in [2.05, 4.69) is 6.58 Å². The van der Waals surface area contributed by atoms with Gasteiger partial charge in [-0.2, -0.15) is 0 Å². The molecule has 0 bridgehead atoms. The Kier molecular flexibility index (Phi) is 4.51. The Hall–Kier alpha value is -0.850. The van der Waals surface area contributed by atoms with Gasteiger partial charge in [-0.05, 0) is 24.5 Å². The summed E-state index contributed by atoms with van der Waals surface area (Å²) in [5.41, 5.74) is 0.940. The second-order valence-electron chi connectivity index (χ2n) is 3.16. The number of rotatable bonds is 4. The Balaban J connectivity index is 3.96. The van der Waals surface area contributed by atoms with Gasteiger partial charge >= 0.3 is 0 Å². The molecule has 0 rings (SSSR count). The topological polar surface area (TPSA) is 17.1 Å². The summed E-state index contributed by atoms with van der Waals surface area (Å²) in [5, 5.41) is 0. The van der Waals surface area contributed by atoms with Crippen molar-refractivity contribution in [1.29, 1.82) is 0 Å². The summed E-state index contributed by atoms with van der Waals surface area (Å²) in [7, 11) is 0. The average molecular weight is 152 g/mol. The Labute approximate surface area is 68.8 Å². The van der Waals surface area contributed by atoms with Gasteiger partial charge in [0.15, 0.2) is 5.78 Å². The van der Waals surface area contributed by atoms with Gasteiger partial charge in [-0.25, -0.2) is 0 Å². The van der Waals surface area contributed by atoms with Crippen LogP contribution in [0.5, 0.6) is 0 Å². The second kappa shape index (κ2) is 4.89. The lowest BCUT2D eigenvalue weighted by atomic mass is 10.1. The van der Waals surface area contributed by atoms with E-state index in [1.165, 1.54) is 0 Å². The van der Waals surface area contributed by atoms with E-state index in [1.807, 2.05) is 20.8 Å². The monoisotopic (exact) mass is 152 g/mol. The Morgan fingerprint density at radius 3 is 2.45 bits per heavy atom. The van der Waals surface area contributed by atoms with Gasteiger partial charge in [0, 0.05) is 6.42 Å². The van der Waals surface area contributed by atoms with E-state index in [0.29, 0.717) is 12.3 Å². The fraction of sp³-hybridized carbons (Fsp3) is 0.500. The molecule has 0 saturated heterocycles. The molecule has 0 aliphatic rings. The van der Waals surface area contributed by atoms with Crippen molar-refractivity contribution in [2.75, 3.05) is 0 Å². The predicted octanol–water partition coefficient (Wildman–Crippen LogP) is 2.73. The molecule has 1 heteroatoms. The molecular weight excluding hydrogens is 136 g/mol. The molecule has 0 atom stereocenters. The predicted molar refractivity (Wildman–Crippen MR) is 48.4 cm³/mol. The van der Waals surface area contributed by atoms with E-state index in [0.717, 1.165) is 5.57 Å². The van der Waals surface area contributed by atoms with Gasteiger partial charge in [0.2, 0.25) is 0 Å². The van der Waals surface area contributed by atoms with Crippen molar-refractivity contribution < 1.29 is 4.79 Å². The first-order valence-corrected chi connectivity index (χ1v) is 3.89. The highest BCUT2D eigenvalue weighted by atomic mass is 16.1. The Morgan fingerprint density at radius 2 is 2.09 bits per heavy atom. The van der Waals surface area contributed by atoms with Gasteiger partial charge in [0.25, 0.3) is 0 Å². The van der Waals surface area contributed by atoms with Crippen LogP contribution in [0.1, 0.15) is 27.2 Å². The molecular formula is C10H16O. The number of allylic oxidation sites excluding steroid dienone is 3. The standard InChI is InChI=1S/C10H16O/c1-5-9(4)7-10(11)6-8(2)3/h5,7-8H,1,6H2,2-4H3/b9-7+. The van der Waals surface area contributed by atoms with Crippen LogP contribution in [0.3, 0.4) is 0 Å². The van der Waals surface area contributed by atoms with E-state index >= 15 is 0 Å². The molecule has 0 heterocycles. The van der Waals surface area contributed by atoms with Crippen LogP contribution in [-0.2, 0) is 4.79 Å². The lowest BCUT2D eigenvalue weighted by Gasteiger charge is -1.99. The van der Waals surface area contributed by atoms with Crippen molar-refractivity contribution in [2.45, 2.75) is 27.2 Å². The molecule has 0 unspecified atom stereocenters. The van der Waals surface area contributed by atoms with Crippen LogP contribution in [0.25, 0.3) is 0 Å². The smallest absolute Gasteiger partial charge is 0.156 e. The summed E-state index contributed by atoms with van der Waals surface area (Å²) in [4.78, 5) is 11.1. The summed E-state index contributed by atoms with van der Waals surface area (Å²) in [6, 6.07) is 0. The highest BCUT2D eigenvalue weighted by molar-refractivity contribution is 5.90. The molecule has 11 heavy (non-hydrogen) atoms. The second-order valence-corrected chi connectivity index (χ2v) is 3.16. The maximum atomic E-state index is 11.1. The number of hydrogen-bond acceptors (Lipinski definition) is 1. The van der Waals surface area contributed by atoms with Crippen molar-refractivity contribution in [3.63, 3.8) is 0 Å². The SMILES string of the molecule is C=C/C(C)=C/C(=O)CC(C)C. The van der Waals surface area contributed by atoms with Gasteiger partial charge in [-0.15, -0.1) is 0 Å². The average Bonchev–Trinajstić information content (AvgIpc) is 1.85. The number of carbonyl (C=O) groups is 1. The van der Waals surface area contributed by atoms with Crippen LogP contribution in [0.2, 0.25) is 0 Å². The van der Waals surface area contributed by atoms with Crippen LogP contribution in [0.4, 0.5) is 0 Å². The molecule has 0 aliphatic carbocycles. The first kappa shape index (κ1) is 10.2. The van der Waals surface area contributed by atoms with Crippen LogP contribution in [-0.4, -0.2) is 5.78 Å². The molecule has 0 aromatic carbocycles. The van der Waals surface area contributed by atoms with Crippen molar-refractivity contribution in [3.05, 3.63) is 24.3 Å². The summed E-state index contributed by atoms with van der Waals surface area (Å²) in [6.07, 6.45) is 3.97. The van der Waals surface area contributed by atoms with Crippen molar-refractivity contribution in [2.24, 2.45) is 5.92 Å². The molecule has 0 amide bonds. The normalized spacial score (nSPS) is 11.8. The van der Waals surface area contributed by atoms with Crippen molar-refractivity contribution in [3.8, 4) is 0 Å². The van der Waals surface area contributed by atoms with E-state index in [1.54, 1.807) is 12.2 Å². The molecule has 0 fully saturated rings. The first-order chi connectivity index (χ1) is 5.06. The zero-order valence-electron chi connectivity index (χ0n) is 7.55. The van der Waals surface area contributed by atoms with E-state index in [9.17, 15) is 4.79 Å². The maximum absolute atomic E-state index is 11.1. The third-order valence-electron chi connectivity index (χ3n) is 1.32. The van der Waals surface area contributed by atoms with Gasteiger partial charge in [0.05, 0.1) is 0 Å². The van der Waals surface area contributed by atoms with Gasteiger partial charge in [-0.1, -0.05) is 26.5 Å². The van der Waals surface area contributed by atoms with Gasteiger partial charge in [-0.3, -0.25) is 4.79 Å². The molecule has 0 radical (unpaired) electrons. The molecule has 0 aromatic rings. The molecule has 0 N–H and O–H groups in total. The molecule has 62 valence electrons. The first-order valence-electron chi connectivity index (χ1n) is 3.89. The van der Waals surface area contributed by atoms with Crippen molar-refractivity contribution >= 4 is 5.78 Å². The molecule has 0 aliphatic heterocycles. The quantitative estimate of drug-likeness (QED) is 0.447. The van der Waals surface area contributed by atoms with Crippen LogP contribution in [0, 0.1) is 5.92 Å². The molecule has 0 saturated carbocycles. The molecule has 0 aromatic heterocycles. The van der Waals surface area contributed by atoms with E-state index in [-0.39, 0.29) is 5.78 Å². The van der Waals surface area contributed by atoms with E-state index < -0.39 is 0 Å². The van der Waals surface area contributed by atoms with E-state index in [4.69, 9.17) is 0 Å². The summed E-state index contributed by atoms with van der Waals surface area (Å²) < 4.78 is 0. The highest BCUT2D eigenvalue weighted by Crippen LogP contribution is 2.03. The minimum absolute atomic E-state index is 0.192. The number of carbonyl (C=O) groups excluding carboxylic acids is 1. The largest absolute Gasteiger partial charge is 0.295 e. The third kappa shape index (κ3) is 5.59. The summed E-state index contributed by atoms with van der Waals surface area (Å²) in [6.45, 7) is 9.53. The summed E-state index contributed by atoms with van der Waals surface area (Å²) >= 11 is 0. The minimum Gasteiger partial charge on any atom is -0.295 e. The van der Waals surface area contributed by atoms with Gasteiger partial charge < -0.3 is 0 Å². The lowest BCUT2D eigenvalue weighted by Crippen LogP contribution is -1.99. The zero-order valence-corrected chi connectivity index (χ0v) is 7.55. The number of ketones is 1. The Bertz CT molecular complexity index is 175. The summed E-state index contributed by atoms with van der Waals surface area (Å²) in [5.74, 6) is 0.633. The van der Waals surface area contributed by atoms with Crippen LogP contribution < -0.4 is 0 Å². The van der Waals surface area contributed by atoms with Gasteiger partial charge in [0.1, 0.15) is 0 Å². The zero-order chi connectivity index (χ0) is 8.85. The fourth-order valence-corrected chi connectivity index (χ4v) is 0.774. The lowest BCUT2D eigenvalue weighted by molar-refractivity contribution is -0.115. The van der Waals surface area contributed by atoms with Crippen LogP contribution in [0.15, 0.2) is 24.3 Å². The third-order valence-corrected chi connectivity index (χ3v) is 1.32. The van der Waals surface area contributed by atoms with Crippen molar-refractivity contribution in [1.82, 2.24) is 0 Å². The maximum Gasteiger partial charge on any atom is 0.156 e. The Morgan fingerprint density at radius 1 is 1.55 bits per heavy atom. The van der Waals surface area contributed by atoms with Crippen LogP contribution >= 0.6 is 0 Å². The number of hydrogen-bond donors (Lipinski definition) is 0. The fourth-order valence-electron chi connectivity index (χ4n) is 0.774. The molecule has 0 spiro atoms.